The zero-order valence-electron chi connectivity index (χ0n) is 9.96. The number of rotatable bonds is 2. The summed E-state index contributed by atoms with van der Waals surface area (Å²) in [6.45, 7) is -0.168. The molecule has 2 atom stereocenters. The fourth-order valence-corrected chi connectivity index (χ4v) is 2.35. The molecule has 1 saturated heterocycles. The van der Waals surface area contributed by atoms with Crippen LogP contribution in [-0.4, -0.2) is 46.9 Å². The lowest BCUT2D eigenvalue weighted by Gasteiger charge is -2.35. The van der Waals surface area contributed by atoms with Crippen LogP contribution in [0.15, 0.2) is 12.2 Å². The molecule has 2 N–H and O–H groups in total. The van der Waals surface area contributed by atoms with Crippen molar-refractivity contribution in [2.24, 2.45) is 5.92 Å². The Morgan fingerprint density at radius 2 is 2.17 bits per heavy atom. The van der Waals surface area contributed by atoms with Crippen LogP contribution in [0.1, 0.15) is 19.3 Å². The number of nitrogens with one attached hydrogen (secondary N) is 1. The molecule has 2 amide bonds. The summed E-state index contributed by atoms with van der Waals surface area (Å²) in [6, 6.07) is -0.943. The molecular formula is C12H16N2O4. The maximum Gasteiger partial charge on any atom is 0.328 e. The average molecular weight is 252 g/mol. The highest BCUT2D eigenvalue weighted by molar-refractivity contribution is 5.92. The van der Waals surface area contributed by atoms with Crippen molar-refractivity contribution in [3.05, 3.63) is 12.2 Å². The predicted octanol–water partition coefficient (Wildman–Crippen LogP) is -0.246. The number of piperazine rings is 1. The van der Waals surface area contributed by atoms with Gasteiger partial charge in [-0.15, -0.1) is 0 Å². The van der Waals surface area contributed by atoms with Crippen molar-refractivity contribution in [2.75, 3.05) is 13.1 Å². The Labute approximate surface area is 105 Å². The molecule has 1 aliphatic heterocycles. The van der Waals surface area contributed by atoms with Crippen LogP contribution in [0.25, 0.3) is 0 Å². The van der Waals surface area contributed by atoms with Gasteiger partial charge in [0, 0.05) is 12.5 Å². The molecule has 1 aliphatic carbocycles. The van der Waals surface area contributed by atoms with E-state index in [-0.39, 0.29) is 30.8 Å². The van der Waals surface area contributed by atoms with Crippen LogP contribution in [0.5, 0.6) is 0 Å². The van der Waals surface area contributed by atoms with Crippen LogP contribution in [-0.2, 0) is 14.4 Å². The van der Waals surface area contributed by atoms with Gasteiger partial charge >= 0.3 is 5.97 Å². The fraction of sp³-hybridized carbons (Fsp3) is 0.583. The van der Waals surface area contributed by atoms with E-state index in [0.29, 0.717) is 6.42 Å². The Morgan fingerprint density at radius 3 is 2.78 bits per heavy atom. The van der Waals surface area contributed by atoms with Crippen LogP contribution in [0.3, 0.4) is 0 Å². The van der Waals surface area contributed by atoms with Gasteiger partial charge in [-0.25, -0.2) is 4.79 Å². The molecule has 0 spiro atoms. The number of hydrogen-bond donors (Lipinski definition) is 2. The van der Waals surface area contributed by atoms with Crippen molar-refractivity contribution in [1.82, 2.24) is 10.2 Å². The number of aliphatic carboxylic acids is 1. The fourth-order valence-electron chi connectivity index (χ4n) is 2.35. The third kappa shape index (κ3) is 2.52. The van der Waals surface area contributed by atoms with Gasteiger partial charge < -0.3 is 15.3 Å². The van der Waals surface area contributed by atoms with Gasteiger partial charge in [-0.2, -0.15) is 0 Å². The molecule has 0 aromatic heterocycles. The van der Waals surface area contributed by atoms with E-state index in [1.807, 2.05) is 12.2 Å². The molecule has 2 aliphatic rings. The van der Waals surface area contributed by atoms with E-state index in [4.69, 9.17) is 5.11 Å². The van der Waals surface area contributed by atoms with Gasteiger partial charge in [-0.1, -0.05) is 12.2 Å². The summed E-state index contributed by atoms with van der Waals surface area (Å²) in [5, 5.41) is 11.6. The highest BCUT2D eigenvalue weighted by atomic mass is 16.4. The van der Waals surface area contributed by atoms with Crippen LogP contribution in [0.4, 0.5) is 0 Å². The van der Waals surface area contributed by atoms with Crippen molar-refractivity contribution in [3.63, 3.8) is 0 Å². The lowest BCUT2D eigenvalue weighted by Crippen LogP contribution is -2.60. The zero-order valence-corrected chi connectivity index (χ0v) is 9.96. The smallest absolute Gasteiger partial charge is 0.328 e. The second kappa shape index (κ2) is 5.20. The Balaban J connectivity index is 2.11. The maximum absolute atomic E-state index is 12.3. The lowest BCUT2D eigenvalue weighted by atomic mass is 9.92. The van der Waals surface area contributed by atoms with E-state index in [2.05, 4.69) is 5.32 Å². The Bertz CT molecular complexity index is 405. The van der Waals surface area contributed by atoms with Gasteiger partial charge in [-0.05, 0) is 19.3 Å². The predicted molar refractivity (Wildman–Crippen MR) is 62.6 cm³/mol. The van der Waals surface area contributed by atoms with Crippen molar-refractivity contribution in [3.8, 4) is 0 Å². The summed E-state index contributed by atoms with van der Waals surface area (Å²) in [7, 11) is 0. The number of hydrogen-bond acceptors (Lipinski definition) is 3. The minimum absolute atomic E-state index is 0.0114. The number of carbonyl (C=O) groups excluding carboxylic acids is 2. The molecule has 0 aromatic rings. The number of carboxylic acid groups (broad SMARTS) is 1. The largest absolute Gasteiger partial charge is 0.480 e. The Kier molecular flexibility index (Phi) is 3.64. The SMILES string of the molecule is O=C1CN(C(=O)C2CC=CCC2)C(C(=O)O)CN1. The van der Waals surface area contributed by atoms with E-state index in [0.717, 1.165) is 12.8 Å². The summed E-state index contributed by atoms with van der Waals surface area (Å²) in [4.78, 5) is 35.9. The zero-order chi connectivity index (χ0) is 13.1. The van der Waals surface area contributed by atoms with E-state index in [1.165, 1.54) is 4.90 Å². The number of carbonyl (C=O) groups is 3. The summed E-state index contributed by atoms with van der Waals surface area (Å²) < 4.78 is 0. The number of amides is 2. The molecule has 6 heteroatoms. The maximum atomic E-state index is 12.3. The molecular weight excluding hydrogens is 236 g/mol. The Hall–Kier alpha value is -1.85. The lowest BCUT2D eigenvalue weighted by molar-refractivity contribution is -0.156. The third-order valence-electron chi connectivity index (χ3n) is 3.37. The molecule has 0 saturated carbocycles. The second-order valence-corrected chi connectivity index (χ2v) is 4.61. The standard InChI is InChI=1S/C12H16N2O4/c15-10-7-14(9(6-13-10)12(17)18)11(16)8-4-2-1-3-5-8/h1-2,8-9H,3-7H2,(H,13,15)(H,17,18). The summed E-state index contributed by atoms with van der Waals surface area (Å²) >= 11 is 0. The Morgan fingerprint density at radius 1 is 1.39 bits per heavy atom. The first-order valence-electron chi connectivity index (χ1n) is 6.04. The minimum atomic E-state index is -1.07. The molecule has 18 heavy (non-hydrogen) atoms. The van der Waals surface area contributed by atoms with Crippen LogP contribution in [0, 0.1) is 5.92 Å². The molecule has 0 aromatic carbocycles. The quantitative estimate of drug-likeness (QED) is 0.664. The van der Waals surface area contributed by atoms with Crippen LogP contribution < -0.4 is 5.32 Å². The van der Waals surface area contributed by atoms with Gasteiger partial charge in [0.25, 0.3) is 0 Å². The van der Waals surface area contributed by atoms with Crippen LogP contribution >= 0.6 is 0 Å². The first-order valence-corrected chi connectivity index (χ1v) is 6.04. The topological polar surface area (TPSA) is 86.7 Å². The average Bonchev–Trinajstić information content (AvgIpc) is 2.38. The van der Waals surface area contributed by atoms with Gasteiger partial charge in [0.05, 0.1) is 0 Å². The minimum Gasteiger partial charge on any atom is -0.480 e. The molecule has 1 fully saturated rings. The summed E-state index contributed by atoms with van der Waals surface area (Å²) in [5.41, 5.74) is 0. The second-order valence-electron chi connectivity index (χ2n) is 4.61. The van der Waals surface area contributed by atoms with E-state index >= 15 is 0 Å². The molecule has 2 rings (SSSR count). The van der Waals surface area contributed by atoms with E-state index in [9.17, 15) is 14.4 Å². The molecule has 2 unspecified atom stereocenters. The van der Waals surface area contributed by atoms with Crippen molar-refractivity contribution < 1.29 is 19.5 Å². The number of nitrogens with zero attached hydrogens (tertiary/aromatic N) is 1. The van der Waals surface area contributed by atoms with Gasteiger partial charge in [0.15, 0.2) is 0 Å². The highest BCUT2D eigenvalue weighted by Crippen LogP contribution is 2.22. The first kappa shape index (κ1) is 12.6. The summed E-state index contributed by atoms with van der Waals surface area (Å²) in [6.07, 6.45) is 6.13. The van der Waals surface area contributed by atoms with Gasteiger partial charge in [0.1, 0.15) is 12.6 Å². The molecule has 6 nitrogen and oxygen atoms in total. The summed E-state index contributed by atoms with van der Waals surface area (Å²) in [5.74, 6) is -1.79. The first-order chi connectivity index (χ1) is 8.59. The van der Waals surface area contributed by atoms with E-state index < -0.39 is 12.0 Å². The van der Waals surface area contributed by atoms with Crippen molar-refractivity contribution in [1.29, 1.82) is 0 Å². The molecule has 0 radical (unpaired) electrons. The molecule has 0 bridgehead atoms. The highest BCUT2D eigenvalue weighted by Gasteiger charge is 2.37. The van der Waals surface area contributed by atoms with E-state index in [1.54, 1.807) is 0 Å². The van der Waals surface area contributed by atoms with Gasteiger partial charge in [0.2, 0.25) is 11.8 Å². The normalized spacial score (nSPS) is 27.8. The number of carboxylic acids is 1. The van der Waals surface area contributed by atoms with Crippen molar-refractivity contribution in [2.45, 2.75) is 25.3 Å². The third-order valence-corrected chi connectivity index (χ3v) is 3.37. The van der Waals surface area contributed by atoms with Crippen LogP contribution in [0.2, 0.25) is 0 Å². The molecule has 1 heterocycles. The molecule has 98 valence electrons. The monoisotopic (exact) mass is 252 g/mol. The van der Waals surface area contributed by atoms with Gasteiger partial charge in [-0.3, -0.25) is 9.59 Å². The number of allylic oxidation sites excluding steroid dienone is 2. The van der Waals surface area contributed by atoms with Crippen molar-refractivity contribution >= 4 is 17.8 Å².